The fourth-order valence-electron chi connectivity index (χ4n) is 2.66. The molecule has 1 nitrogen and oxygen atoms in total. The maximum Gasteiger partial charge on any atom is 0.0502 e. The summed E-state index contributed by atoms with van der Waals surface area (Å²) in [6.07, 6.45) is 11.9. The topological polar surface area (TPSA) is 26.0 Å². The van der Waals surface area contributed by atoms with Gasteiger partial charge in [0.2, 0.25) is 0 Å². The molecule has 1 rings (SSSR count). The summed E-state index contributed by atoms with van der Waals surface area (Å²) >= 11 is 0. The van der Waals surface area contributed by atoms with Gasteiger partial charge in [0.15, 0.2) is 0 Å². The van der Waals surface area contributed by atoms with Crippen molar-refractivity contribution in [3.63, 3.8) is 0 Å². The number of hydrogen-bond acceptors (Lipinski definition) is 1. The lowest BCUT2D eigenvalue weighted by atomic mass is 9.61. The Morgan fingerprint density at radius 2 is 1.59 bits per heavy atom. The van der Waals surface area contributed by atoms with Crippen molar-refractivity contribution in [1.29, 1.82) is 0 Å². The van der Waals surface area contributed by atoms with Crippen molar-refractivity contribution in [3.05, 3.63) is 36.0 Å². The van der Waals surface area contributed by atoms with Gasteiger partial charge in [0.05, 0.1) is 5.54 Å². The molecule has 0 amide bonds. The average Bonchev–Trinajstić information content (AvgIpc) is 2.23. The molecule has 0 heterocycles. The van der Waals surface area contributed by atoms with Gasteiger partial charge >= 0.3 is 0 Å². The van der Waals surface area contributed by atoms with Crippen LogP contribution in [0.3, 0.4) is 0 Å². The molecule has 1 heteroatoms. The molecule has 0 bridgehead atoms. The molecule has 1 aliphatic carbocycles. The summed E-state index contributed by atoms with van der Waals surface area (Å²) in [6, 6.07) is 0. The van der Waals surface area contributed by atoms with Crippen LogP contribution in [0.5, 0.6) is 0 Å². The van der Waals surface area contributed by atoms with Gasteiger partial charge in [-0.1, -0.05) is 63.6 Å². The highest BCUT2D eigenvalue weighted by Crippen LogP contribution is 2.48. The van der Waals surface area contributed by atoms with E-state index < -0.39 is 0 Å². The zero-order valence-electron chi connectivity index (χ0n) is 12.2. The van der Waals surface area contributed by atoms with Crippen LogP contribution in [-0.4, -0.2) is 5.54 Å². The van der Waals surface area contributed by atoms with Crippen molar-refractivity contribution >= 4 is 0 Å². The van der Waals surface area contributed by atoms with E-state index in [0.29, 0.717) is 0 Å². The molecule has 96 valence electrons. The third-order valence-electron chi connectivity index (χ3n) is 4.61. The van der Waals surface area contributed by atoms with Crippen LogP contribution in [0.15, 0.2) is 36.0 Å². The first kappa shape index (κ1) is 14.2. The molecule has 2 unspecified atom stereocenters. The SMILES string of the molecule is CCC1(C)/C(C)=C\C(C)(N)C=C/C=C\C1(C)C. The van der Waals surface area contributed by atoms with Crippen LogP contribution >= 0.6 is 0 Å². The van der Waals surface area contributed by atoms with Gasteiger partial charge in [0.25, 0.3) is 0 Å². The van der Waals surface area contributed by atoms with Gasteiger partial charge in [-0.25, -0.2) is 0 Å². The first-order chi connectivity index (χ1) is 7.65. The highest BCUT2D eigenvalue weighted by atomic mass is 14.7. The van der Waals surface area contributed by atoms with E-state index in [4.69, 9.17) is 5.73 Å². The van der Waals surface area contributed by atoms with Gasteiger partial charge in [-0.15, -0.1) is 0 Å². The normalized spacial score (nSPS) is 41.9. The van der Waals surface area contributed by atoms with E-state index in [-0.39, 0.29) is 16.4 Å². The number of allylic oxidation sites excluding steroid dienone is 4. The van der Waals surface area contributed by atoms with Crippen LogP contribution in [0.2, 0.25) is 0 Å². The first-order valence-corrected chi connectivity index (χ1v) is 6.50. The zero-order chi connectivity index (χ0) is 13.3. The maximum absolute atomic E-state index is 6.27. The second-order valence-corrected chi connectivity index (χ2v) is 6.32. The predicted octanol–water partition coefficient (Wildman–Crippen LogP) is 4.22. The van der Waals surface area contributed by atoms with Gasteiger partial charge in [0, 0.05) is 0 Å². The minimum absolute atomic E-state index is 0.132. The minimum atomic E-state index is -0.356. The summed E-state index contributed by atoms with van der Waals surface area (Å²) in [4.78, 5) is 0. The summed E-state index contributed by atoms with van der Waals surface area (Å²) in [5, 5.41) is 0. The summed E-state index contributed by atoms with van der Waals surface area (Å²) in [5.41, 5.74) is 7.58. The van der Waals surface area contributed by atoms with Crippen LogP contribution in [-0.2, 0) is 0 Å². The van der Waals surface area contributed by atoms with Crippen LogP contribution in [0.25, 0.3) is 0 Å². The average molecular weight is 233 g/mol. The summed E-state index contributed by atoms with van der Waals surface area (Å²) < 4.78 is 0. The predicted molar refractivity (Wildman–Crippen MR) is 76.8 cm³/mol. The summed E-state index contributed by atoms with van der Waals surface area (Å²) in [5.74, 6) is 0. The number of hydrogen-bond donors (Lipinski definition) is 1. The van der Waals surface area contributed by atoms with E-state index in [1.807, 2.05) is 0 Å². The molecule has 0 aromatic heterocycles. The van der Waals surface area contributed by atoms with Crippen LogP contribution in [0.1, 0.15) is 48.0 Å². The minimum Gasteiger partial charge on any atom is -0.319 e. The Bertz CT molecular complexity index is 369. The lowest BCUT2D eigenvalue weighted by Gasteiger charge is -2.44. The highest BCUT2D eigenvalue weighted by molar-refractivity contribution is 5.30. The molecule has 0 aromatic carbocycles. The summed E-state index contributed by atoms with van der Waals surface area (Å²) in [6.45, 7) is 13.5. The Balaban J connectivity index is 3.39. The molecule has 0 aliphatic heterocycles. The Hall–Kier alpha value is -0.820. The van der Waals surface area contributed by atoms with E-state index in [1.165, 1.54) is 5.57 Å². The van der Waals surface area contributed by atoms with Crippen molar-refractivity contribution in [1.82, 2.24) is 0 Å². The molecule has 0 aromatic rings. The largest absolute Gasteiger partial charge is 0.319 e. The smallest absolute Gasteiger partial charge is 0.0502 e. The van der Waals surface area contributed by atoms with Crippen molar-refractivity contribution in [2.75, 3.05) is 0 Å². The molecule has 17 heavy (non-hydrogen) atoms. The maximum atomic E-state index is 6.27. The second-order valence-electron chi connectivity index (χ2n) is 6.32. The van der Waals surface area contributed by atoms with Crippen molar-refractivity contribution in [2.24, 2.45) is 16.6 Å². The number of rotatable bonds is 1. The molecular weight excluding hydrogens is 206 g/mol. The molecule has 0 spiro atoms. The van der Waals surface area contributed by atoms with Gasteiger partial charge in [-0.05, 0) is 31.1 Å². The Morgan fingerprint density at radius 1 is 1.06 bits per heavy atom. The zero-order valence-corrected chi connectivity index (χ0v) is 12.2. The van der Waals surface area contributed by atoms with Crippen LogP contribution < -0.4 is 5.73 Å². The molecule has 0 saturated heterocycles. The molecule has 2 atom stereocenters. The standard InChI is InChI=1S/C16H27N/c1-7-16(6)13(2)12-15(5,17)11-9-8-10-14(16,3)4/h8-12H,7,17H2,1-6H3/b10-8-,11-9?,13-12-. The number of nitrogens with two attached hydrogens (primary N) is 1. The third kappa shape index (κ3) is 2.71. The van der Waals surface area contributed by atoms with E-state index in [0.717, 1.165) is 6.42 Å². The summed E-state index contributed by atoms with van der Waals surface area (Å²) in [7, 11) is 0. The second kappa shape index (κ2) is 4.45. The highest BCUT2D eigenvalue weighted by Gasteiger charge is 2.39. The quantitative estimate of drug-likeness (QED) is 0.674. The molecule has 0 radical (unpaired) electrons. The van der Waals surface area contributed by atoms with Crippen LogP contribution in [0.4, 0.5) is 0 Å². The van der Waals surface area contributed by atoms with Gasteiger partial charge in [-0.3, -0.25) is 0 Å². The third-order valence-corrected chi connectivity index (χ3v) is 4.61. The Kier molecular flexibility index (Phi) is 3.73. The van der Waals surface area contributed by atoms with Crippen molar-refractivity contribution in [3.8, 4) is 0 Å². The Morgan fingerprint density at radius 3 is 2.12 bits per heavy atom. The fraction of sp³-hybridized carbons (Fsp3) is 0.625. The first-order valence-electron chi connectivity index (χ1n) is 6.50. The van der Waals surface area contributed by atoms with Crippen LogP contribution in [0, 0.1) is 10.8 Å². The van der Waals surface area contributed by atoms with E-state index in [2.05, 4.69) is 71.9 Å². The van der Waals surface area contributed by atoms with E-state index in [9.17, 15) is 0 Å². The van der Waals surface area contributed by atoms with E-state index >= 15 is 0 Å². The Labute approximate surface area is 106 Å². The lowest BCUT2D eigenvalue weighted by molar-refractivity contribution is 0.180. The molecule has 1 aliphatic rings. The molecule has 0 saturated carbocycles. The van der Waals surface area contributed by atoms with Crippen molar-refractivity contribution < 1.29 is 0 Å². The molecule has 2 N–H and O–H groups in total. The van der Waals surface area contributed by atoms with E-state index in [1.54, 1.807) is 0 Å². The lowest BCUT2D eigenvalue weighted by Crippen LogP contribution is -2.37. The molecular formula is C16H27N. The van der Waals surface area contributed by atoms with Crippen molar-refractivity contribution in [2.45, 2.75) is 53.5 Å². The monoisotopic (exact) mass is 233 g/mol. The fourth-order valence-corrected chi connectivity index (χ4v) is 2.66. The van der Waals surface area contributed by atoms with Gasteiger partial charge in [-0.2, -0.15) is 0 Å². The van der Waals surface area contributed by atoms with Gasteiger partial charge in [0.1, 0.15) is 0 Å². The van der Waals surface area contributed by atoms with Gasteiger partial charge < -0.3 is 5.73 Å². The molecule has 0 fully saturated rings.